The molecule has 1 aliphatic rings. The fourth-order valence-corrected chi connectivity index (χ4v) is 5.73. The Bertz CT molecular complexity index is 1630. The molecule has 224 valence electrons. The van der Waals surface area contributed by atoms with Gasteiger partial charge in [0.25, 0.3) is 0 Å². The highest BCUT2D eigenvalue weighted by Crippen LogP contribution is 2.39. The first-order chi connectivity index (χ1) is 20.5. The lowest BCUT2D eigenvalue weighted by Crippen LogP contribution is -2.25. The summed E-state index contributed by atoms with van der Waals surface area (Å²) in [6.45, 7) is 5.39. The van der Waals surface area contributed by atoms with Crippen LogP contribution in [0.2, 0.25) is 0 Å². The predicted octanol–water partition coefficient (Wildman–Crippen LogP) is 10.8. The standard InChI is InChI=1S/C35H29F7O/c1-3-5-6-7-20-12-21-8-9-22(14-24(21)13-20)23-10-11-28(29(36)15-23)25-16-32(39)34(33(40)17-25)35(41,42)43-26-18-30(37)27(4-2)31(38)19-26/h4,8-11,14-20H,2-3,5-7,12-13H2,1H3. The Balaban J connectivity index is 1.37. The third kappa shape index (κ3) is 6.33. The van der Waals surface area contributed by atoms with E-state index in [1.807, 2.05) is 12.1 Å². The summed E-state index contributed by atoms with van der Waals surface area (Å²) < 4.78 is 107. The van der Waals surface area contributed by atoms with E-state index in [9.17, 15) is 26.3 Å². The topological polar surface area (TPSA) is 9.23 Å². The number of alkyl halides is 2. The Morgan fingerprint density at radius 1 is 0.744 bits per heavy atom. The van der Waals surface area contributed by atoms with E-state index < -0.39 is 52.1 Å². The van der Waals surface area contributed by atoms with E-state index in [2.05, 4.69) is 24.3 Å². The smallest absolute Gasteiger partial charge is 0.429 e. The maximum atomic E-state index is 15.3. The largest absolute Gasteiger partial charge is 0.432 e. The highest BCUT2D eigenvalue weighted by molar-refractivity contribution is 5.72. The molecule has 0 radical (unpaired) electrons. The summed E-state index contributed by atoms with van der Waals surface area (Å²) >= 11 is 0. The number of rotatable bonds is 10. The average molecular weight is 599 g/mol. The molecular weight excluding hydrogens is 569 g/mol. The average Bonchev–Trinajstić information content (AvgIpc) is 3.34. The van der Waals surface area contributed by atoms with Crippen LogP contribution in [0.15, 0.2) is 67.2 Å². The Morgan fingerprint density at radius 2 is 1.35 bits per heavy atom. The molecule has 0 spiro atoms. The third-order valence-corrected chi connectivity index (χ3v) is 7.89. The van der Waals surface area contributed by atoms with Crippen molar-refractivity contribution in [3.05, 3.63) is 119 Å². The van der Waals surface area contributed by atoms with Crippen LogP contribution in [0, 0.1) is 35.0 Å². The highest BCUT2D eigenvalue weighted by atomic mass is 19.3. The van der Waals surface area contributed by atoms with Gasteiger partial charge in [-0.2, -0.15) is 8.78 Å². The van der Waals surface area contributed by atoms with E-state index in [0.717, 1.165) is 24.5 Å². The molecule has 4 aromatic carbocycles. The van der Waals surface area contributed by atoms with Crippen molar-refractivity contribution in [2.24, 2.45) is 5.92 Å². The molecule has 0 saturated heterocycles. The molecule has 0 saturated carbocycles. The van der Waals surface area contributed by atoms with Crippen LogP contribution in [0.3, 0.4) is 0 Å². The number of unbranched alkanes of at least 4 members (excludes halogenated alkanes) is 2. The van der Waals surface area contributed by atoms with Gasteiger partial charge in [-0.15, -0.1) is 0 Å². The van der Waals surface area contributed by atoms with Crippen LogP contribution in [-0.4, -0.2) is 0 Å². The van der Waals surface area contributed by atoms with Gasteiger partial charge in [0.05, 0.1) is 0 Å². The summed E-state index contributed by atoms with van der Waals surface area (Å²) in [5, 5.41) is 0. The van der Waals surface area contributed by atoms with Crippen molar-refractivity contribution >= 4 is 6.08 Å². The fraction of sp³-hybridized carbons (Fsp3) is 0.257. The molecule has 8 heteroatoms. The molecule has 4 aromatic rings. The summed E-state index contributed by atoms with van der Waals surface area (Å²) in [6.07, 6.45) is 2.95. The van der Waals surface area contributed by atoms with Crippen molar-refractivity contribution < 1.29 is 35.5 Å². The zero-order valence-electron chi connectivity index (χ0n) is 23.4. The minimum atomic E-state index is -4.65. The Morgan fingerprint density at radius 3 is 1.98 bits per heavy atom. The van der Waals surface area contributed by atoms with Gasteiger partial charge in [-0.3, -0.25) is 0 Å². The van der Waals surface area contributed by atoms with Gasteiger partial charge in [-0.25, -0.2) is 22.0 Å². The van der Waals surface area contributed by atoms with E-state index in [1.54, 1.807) is 6.07 Å². The number of hydrogen-bond acceptors (Lipinski definition) is 1. The van der Waals surface area contributed by atoms with Gasteiger partial charge < -0.3 is 4.74 Å². The van der Waals surface area contributed by atoms with E-state index in [1.165, 1.54) is 48.9 Å². The normalized spacial score (nSPS) is 14.6. The number of ether oxygens (including phenoxy) is 1. The van der Waals surface area contributed by atoms with Crippen LogP contribution in [0.1, 0.15) is 54.9 Å². The SMILES string of the molecule is C=Cc1c(F)cc(OC(F)(F)c2c(F)cc(-c3ccc(-c4ccc5c(c4)CC(CCCCC)C5)cc3F)cc2F)cc1F. The quantitative estimate of drug-likeness (QED) is 0.130. The highest BCUT2D eigenvalue weighted by Gasteiger charge is 2.41. The van der Waals surface area contributed by atoms with Crippen molar-refractivity contribution in [1.29, 1.82) is 0 Å². The van der Waals surface area contributed by atoms with Gasteiger partial charge >= 0.3 is 6.11 Å². The predicted molar refractivity (Wildman–Crippen MR) is 153 cm³/mol. The van der Waals surface area contributed by atoms with Gasteiger partial charge in [0.15, 0.2) is 0 Å². The molecule has 43 heavy (non-hydrogen) atoms. The van der Waals surface area contributed by atoms with Gasteiger partial charge in [-0.05, 0) is 71.2 Å². The molecule has 0 heterocycles. The number of hydrogen-bond donors (Lipinski definition) is 0. The fourth-order valence-electron chi connectivity index (χ4n) is 5.73. The monoisotopic (exact) mass is 598 g/mol. The number of fused-ring (bicyclic) bond motifs is 1. The third-order valence-electron chi connectivity index (χ3n) is 7.89. The molecule has 5 rings (SSSR count). The van der Waals surface area contributed by atoms with Gasteiger partial charge in [-0.1, -0.05) is 69.2 Å². The van der Waals surface area contributed by atoms with E-state index >= 15 is 4.39 Å². The van der Waals surface area contributed by atoms with Crippen molar-refractivity contribution in [2.45, 2.75) is 51.6 Å². The summed E-state index contributed by atoms with van der Waals surface area (Å²) in [5.41, 5.74) is 1.02. The van der Waals surface area contributed by atoms with Crippen LogP contribution < -0.4 is 4.74 Å². The number of benzene rings is 4. The van der Waals surface area contributed by atoms with E-state index in [0.29, 0.717) is 35.7 Å². The molecule has 0 aromatic heterocycles. The molecule has 1 unspecified atom stereocenters. The van der Waals surface area contributed by atoms with Crippen molar-refractivity contribution in [1.82, 2.24) is 0 Å². The first-order valence-electron chi connectivity index (χ1n) is 14.1. The minimum absolute atomic E-state index is 0.196. The maximum Gasteiger partial charge on any atom is 0.432 e. The van der Waals surface area contributed by atoms with E-state index in [4.69, 9.17) is 0 Å². The Labute approximate surface area is 245 Å². The van der Waals surface area contributed by atoms with Crippen molar-refractivity contribution in [3.8, 4) is 28.0 Å². The van der Waals surface area contributed by atoms with Crippen molar-refractivity contribution in [3.63, 3.8) is 0 Å². The van der Waals surface area contributed by atoms with Crippen molar-refractivity contribution in [2.75, 3.05) is 0 Å². The molecule has 0 amide bonds. The summed E-state index contributed by atoms with van der Waals surface area (Å²) in [4.78, 5) is 0. The second-order valence-electron chi connectivity index (χ2n) is 10.9. The molecule has 1 aliphatic carbocycles. The first-order valence-corrected chi connectivity index (χ1v) is 14.1. The molecule has 0 fully saturated rings. The Hall–Kier alpha value is -4.07. The zero-order chi connectivity index (χ0) is 30.9. The number of halogens is 7. The summed E-state index contributed by atoms with van der Waals surface area (Å²) in [6, 6.07) is 12.2. The second kappa shape index (κ2) is 12.3. The van der Waals surface area contributed by atoms with Crippen LogP contribution >= 0.6 is 0 Å². The van der Waals surface area contributed by atoms with E-state index in [-0.39, 0.29) is 11.1 Å². The van der Waals surface area contributed by atoms with Gasteiger partial charge in [0.1, 0.15) is 40.4 Å². The van der Waals surface area contributed by atoms with Crippen LogP contribution in [0.4, 0.5) is 30.7 Å². The van der Waals surface area contributed by atoms with Crippen LogP contribution in [0.5, 0.6) is 5.75 Å². The summed E-state index contributed by atoms with van der Waals surface area (Å²) in [7, 11) is 0. The lowest BCUT2D eigenvalue weighted by atomic mass is 9.96. The lowest BCUT2D eigenvalue weighted by Gasteiger charge is -2.20. The molecule has 1 nitrogen and oxygen atoms in total. The maximum absolute atomic E-state index is 15.3. The van der Waals surface area contributed by atoms with Gasteiger partial charge in [0, 0.05) is 23.3 Å². The molecule has 1 atom stereocenters. The molecule has 0 aliphatic heterocycles. The summed E-state index contributed by atoms with van der Waals surface area (Å²) in [5.74, 6) is -7.13. The molecule has 0 N–H and O–H groups in total. The molecule has 0 bridgehead atoms. The van der Waals surface area contributed by atoms with Crippen LogP contribution in [0.25, 0.3) is 28.3 Å². The van der Waals surface area contributed by atoms with Gasteiger partial charge in [0.2, 0.25) is 0 Å². The zero-order valence-corrected chi connectivity index (χ0v) is 23.4. The molecular formula is C35H29F7O. The van der Waals surface area contributed by atoms with Crippen LogP contribution in [-0.2, 0) is 19.0 Å². The Kier molecular flexibility index (Phi) is 8.67. The lowest BCUT2D eigenvalue weighted by molar-refractivity contribution is -0.189. The first kappa shape index (κ1) is 30.4. The minimum Gasteiger partial charge on any atom is -0.429 e. The second-order valence-corrected chi connectivity index (χ2v) is 10.9.